The first-order chi connectivity index (χ1) is 14.2. The minimum absolute atomic E-state index is 0.0682. The number of oxime groups is 1. The van der Waals surface area contributed by atoms with Gasteiger partial charge in [0.15, 0.2) is 11.5 Å². The number of nitrogens with one attached hydrogen (secondary N) is 1. The summed E-state index contributed by atoms with van der Waals surface area (Å²) in [5, 5.41) is 8.36. The van der Waals surface area contributed by atoms with Crippen molar-refractivity contribution in [1.29, 1.82) is 0 Å². The summed E-state index contributed by atoms with van der Waals surface area (Å²) in [5.74, 6) is 2.42. The van der Waals surface area contributed by atoms with Gasteiger partial charge in [-0.05, 0) is 23.8 Å². The summed E-state index contributed by atoms with van der Waals surface area (Å²) in [5.41, 5.74) is 3.09. The lowest BCUT2D eigenvalue weighted by molar-refractivity contribution is 0.0853. The second-order valence-corrected chi connectivity index (χ2v) is 7.30. The SMILES string of the molecule is COc1cc(C[C@H]2CC(CNCc3ccc(Cl)cc3)=NO2)c(OC)c2c1OCO2. The van der Waals surface area contributed by atoms with Crippen LogP contribution in [0.4, 0.5) is 0 Å². The Balaban J connectivity index is 1.34. The van der Waals surface area contributed by atoms with Crippen molar-refractivity contribution >= 4 is 17.3 Å². The molecule has 0 amide bonds. The summed E-state index contributed by atoms with van der Waals surface area (Å²) in [4.78, 5) is 5.64. The van der Waals surface area contributed by atoms with Crippen molar-refractivity contribution in [2.75, 3.05) is 27.6 Å². The fourth-order valence-corrected chi connectivity index (χ4v) is 3.62. The van der Waals surface area contributed by atoms with Crippen molar-refractivity contribution in [3.05, 3.63) is 46.5 Å². The largest absolute Gasteiger partial charge is 0.493 e. The molecule has 29 heavy (non-hydrogen) atoms. The van der Waals surface area contributed by atoms with Crippen molar-refractivity contribution in [2.24, 2.45) is 5.16 Å². The van der Waals surface area contributed by atoms with Crippen LogP contribution in [0, 0.1) is 0 Å². The minimum Gasteiger partial charge on any atom is -0.493 e. The molecule has 4 rings (SSSR count). The molecule has 0 spiro atoms. The van der Waals surface area contributed by atoms with E-state index >= 15 is 0 Å². The first-order valence-corrected chi connectivity index (χ1v) is 9.76. The van der Waals surface area contributed by atoms with E-state index in [0.717, 1.165) is 29.3 Å². The molecule has 1 atom stereocenters. The standard InChI is InChI=1S/C21H23ClN2O5/c1-25-18-8-14(19(26-2)21-20(18)27-12-28-21)7-17-9-16(24-29-17)11-23-10-13-3-5-15(22)6-4-13/h3-6,8,17,23H,7,9-12H2,1-2H3/t17-/m0/s1. The van der Waals surface area contributed by atoms with Gasteiger partial charge in [-0.15, -0.1) is 0 Å². The van der Waals surface area contributed by atoms with Crippen LogP contribution in [0.5, 0.6) is 23.0 Å². The van der Waals surface area contributed by atoms with E-state index in [1.807, 2.05) is 30.3 Å². The van der Waals surface area contributed by atoms with Gasteiger partial charge in [-0.25, -0.2) is 0 Å². The fourth-order valence-electron chi connectivity index (χ4n) is 3.49. The third kappa shape index (κ3) is 4.36. The highest BCUT2D eigenvalue weighted by atomic mass is 35.5. The predicted molar refractivity (Wildman–Crippen MR) is 109 cm³/mol. The van der Waals surface area contributed by atoms with E-state index < -0.39 is 0 Å². The number of nitrogens with zero attached hydrogens (tertiary/aromatic N) is 1. The molecular formula is C21H23ClN2O5. The van der Waals surface area contributed by atoms with Gasteiger partial charge in [0.05, 0.1) is 19.9 Å². The Bertz CT molecular complexity index is 901. The highest BCUT2D eigenvalue weighted by molar-refractivity contribution is 6.30. The zero-order valence-electron chi connectivity index (χ0n) is 16.4. The Hall–Kier alpha value is -2.64. The molecule has 2 aliphatic rings. The Morgan fingerprint density at radius 2 is 1.90 bits per heavy atom. The van der Waals surface area contributed by atoms with E-state index in [9.17, 15) is 0 Å². The van der Waals surface area contributed by atoms with Crippen LogP contribution in [0.3, 0.4) is 0 Å². The number of benzene rings is 2. The van der Waals surface area contributed by atoms with Gasteiger partial charge in [0, 0.05) is 36.5 Å². The predicted octanol–water partition coefficient (Wildman–Crippen LogP) is 3.56. The van der Waals surface area contributed by atoms with Crippen molar-refractivity contribution in [3.8, 4) is 23.0 Å². The highest BCUT2D eigenvalue weighted by Gasteiger charge is 2.30. The van der Waals surface area contributed by atoms with Gasteiger partial charge >= 0.3 is 0 Å². The number of ether oxygens (including phenoxy) is 4. The molecular weight excluding hydrogens is 396 g/mol. The van der Waals surface area contributed by atoms with Crippen LogP contribution in [-0.4, -0.2) is 39.4 Å². The highest BCUT2D eigenvalue weighted by Crippen LogP contribution is 2.49. The lowest BCUT2D eigenvalue weighted by Crippen LogP contribution is -2.23. The quantitative estimate of drug-likeness (QED) is 0.706. The van der Waals surface area contributed by atoms with Gasteiger partial charge in [-0.1, -0.05) is 28.9 Å². The molecule has 0 bridgehead atoms. The van der Waals surface area contributed by atoms with Crippen LogP contribution in [0.2, 0.25) is 5.02 Å². The maximum Gasteiger partial charge on any atom is 0.231 e. The summed E-state index contributed by atoms with van der Waals surface area (Å²) >= 11 is 5.92. The molecule has 7 nitrogen and oxygen atoms in total. The Morgan fingerprint density at radius 3 is 2.66 bits per heavy atom. The Morgan fingerprint density at radius 1 is 1.10 bits per heavy atom. The van der Waals surface area contributed by atoms with Crippen molar-refractivity contribution < 1.29 is 23.8 Å². The third-order valence-electron chi connectivity index (χ3n) is 4.88. The van der Waals surface area contributed by atoms with E-state index in [0.29, 0.717) is 36.0 Å². The fraction of sp³-hybridized carbons (Fsp3) is 0.381. The van der Waals surface area contributed by atoms with Crippen molar-refractivity contribution in [2.45, 2.75) is 25.5 Å². The van der Waals surface area contributed by atoms with Crippen LogP contribution in [-0.2, 0) is 17.8 Å². The molecule has 154 valence electrons. The third-order valence-corrected chi connectivity index (χ3v) is 5.13. The molecule has 0 radical (unpaired) electrons. The lowest BCUT2D eigenvalue weighted by Gasteiger charge is -2.15. The van der Waals surface area contributed by atoms with Gasteiger partial charge in [-0.3, -0.25) is 0 Å². The molecule has 0 fully saturated rings. The van der Waals surface area contributed by atoms with Crippen LogP contribution in [0.15, 0.2) is 35.5 Å². The zero-order chi connectivity index (χ0) is 20.2. The molecule has 0 unspecified atom stereocenters. The number of hydrogen-bond acceptors (Lipinski definition) is 7. The first kappa shape index (κ1) is 19.7. The number of hydrogen-bond donors (Lipinski definition) is 1. The van der Waals surface area contributed by atoms with E-state index in [1.54, 1.807) is 14.2 Å². The molecule has 8 heteroatoms. The molecule has 0 aliphatic carbocycles. The summed E-state index contributed by atoms with van der Waals surface area (Å²) in [6, 6.07) is 9.69. The summed E-state index contributed by atoms with van der Waals surface area (Å²) < 4.78 is 22.1. The molecule has 2 aliphatic heterocycles. The number of halogens is 1. The molecule has 2 aromatic carbocycles. The van der Waals surface area contributed by atoms with E-state index in [-0.39, 0.29) is 12.9 Å². The van der Waals surface area contributed by atoms with Gasteiger partial charge in [0.2, 0.25) is 18.3 Å². The Kier molecular flexibility index (Phi) is 5.97. The van der Waals surface area contributed by atoms with Gasteiger partial charge in [-0.2, -0.15) is 0 Å². The Labute approximate surface area is 174 Å². The smallest absolute Gasteiger partial charge is 0.231 e. The number of methoxy groups -OCH3 is 2. The molecule has 0 saturated carbocycles. The van der Waals surface area contributed by atoms with E-state index in [2.05, 4.69) is 10.5 Å². The summed E-state index contributed by atoms with van der Waals surface area (Å²) in [6.45, 7) is 1.56. The minimum atomic E-state index is -0.0682. The molecule has 2 aromatic rings. The van der Waals surface area contributed by atoms with Gasteiger partial charge in [0.1, 0.15) is 6.10 Å². The topological polar surface area (TPSA) is 70.5 Å². The number of rotatable bonds is 8. The molecule has 0 saturated heterocycles. The summed E-state index contributed by atoms with van der Waals surface area (Å²) in [6.07, 6.45) is 1.30. The molecule has 2 heterocycles. The maximum atomic E-state index is 5.92. The monoisotopic (exact) mass is 418 g/mol. The van der Waals surface area contributed by atoms with Crippen molar-refractivity contribution in [1.82, 2.24) is 5.32 Å². The van der Waals surface area contributed by atoms with Crippen LogP contribution in [0.1, 0.15) is 17.5 Å². The van der Waals surface area contributed by atoms with Gasteiger partial charge in [0.25, 0.3) is 0 Å². The second-order valence-electron chi connectivity index (χ2n) is 6.86. The van der Waals surface area contributed by atoms with Crippen molar-refractivity contribution in [3.63, 3.8) is 0 Å². The van der Waals surface area contributed by atoms with Crippen LogP contribution < -0.4 is 24.3 Å². The van der Waals surface area contributed by atoms with Gasteiger partial charge < -0.3 is 29.1 Å². The average Bonchev–Trinajstić information content (AvgIpc) is 3.39. The lowest BCUT2D eigenvalue weighted by atomic mass is 10.0. The summed E-state index contributed by atoms with van der Waals surface area (Å²) in [7, 11) is 3.22. The average molecular weight is 419 g/mol. The first-order valence-electron chi connectivity index (χ1n) is 9.38. The molecule has 1 N–H and O–H groups in total. The normalized spacial score (nSPS) is 17.1. The zero-order valence-corrected chi connectivity index (χ0v) is 17.1. The number of fused-ring (bicyclic) bond motifs is 1. The van der Waals surface area contributed by atoms with Crippen LogP contribution >= 0.6 is 11.6 Å². The van der Waals surface area contributed by atoms with E-state index in [4.69, 9.17) is 35.4 Å². The molecule has 0 aromatic heterocycles. The second kappa shape index (κ2) is 8.80. The van der Waals surface area contributed by atoms with E-state index in [1.165, 1.54) is 5.56 Å². The maximum absolute atomic E-state index is 5.92. The van der Waals surface area contributed by atoms with Crippen LogP contribution in [0.25, 0.3) is 0 Å².